The third-order valence-electron chi connectivity index (χ3n) is 3.96. The highest BCUT2D eigenvalue weighted by atomic mass is 15.1. The van der Waals surface area contributed by atoms with Gasteiger partial charge in [-0.25, -0.2) is 4.98 Å². The van der Waals surface area contributed by atoms with Crippen LogP contribution in [-0.4, -0.2) is 9.97 Å². The number of fused-ring (bicyclic) bond motifs is 3. The fraction of sp³-hybridized carbons (Fsp3) is 0.111. The average Bonchev–Trinajstić information content (AvgIpc) is 2.87. The van der Waals surface area contributed by atoms with Crippen LogP contribution < -0.4 is 11.1 Å². The molecule has 4 nitrogen and oxygen atoms in total. The SMILES string of the molecule is Cc1ccc(Nc2nc(N)nc3c2-c2ccccc2C3)cc1. The summed E-state index contributed by atoms with van der Waals surface area (Å²) < 4.78 is 0. The normalized spacial score (nSPS) is 11.9. The molecule has 1 heterocycles. The molecule has 0 radical (unpaired) electrons. The molecule has 1 aliphatic carbocycles. The summed E-state index contributed by atoms with van der Waals surface area (Å²) in [6, 6.07) is 16.6. The van der Waals surface area contributed by atoms with E-state index in [2.05, 4.69) is 52.5 Å². The minimum atomic E-state index is 0.307. The highest BCUT2D eigenvalue weighted by molar-refractivity contribution is 5.86. The number of benzene rings is 2. The Labute approximate surface area is 129 Å². The van der Waals surface area contributed by atoms with Gasteiger partial charge in [-0.2, -0.15) is 4.98 Å². The summed E-state index contributed by atoms with van der Waals surface area (Å²) in [6.45, 7) is 2.07. The van der Waals surface area contributed by atoms with Gasteiger partial charge in [0.1, 0.15) is 5.82 Å². The number of nitrogen functional groups attached to an aromatic ring is 1. The van der Waals surface area contributed by atoms with Gasteiger partial charge < -0.3 is 11.1 Å². The molecule has 1 aliphatic rings. The van der Waals surface area contributed by atoms with Crippen molar-refractivity contribution in [1.29, 1.82) is 0 Å². The molecule has 22 heavy (non-hydrogen) atoms. The quantitative estimate of drug-likeness (QED) is 0.590. The first-order valence-corrected chi connectivity index (χ1v) is 7.29. The lowest BCUT2D eigenvalue weighted by Gasteiger charge is -2.12. The second kappa shape index (κ2) is 4.84. The average molecular weight is 288 g/mol. The van der Waals surface area contributed by atoms with Gasteiger partial charge in [0.2, 0.25) is 5.95 Å². The highest BCUT2D eigenvalue weighted by Crippen LogP contribution is 2.40. The fourth-order valence-electron chi connectivity index (χ4n) is 2.90. The number of rotatable bonds is 2. The van der Waals surface area contributed by atoms with Crippen LogP contribution in [0, 0.1) is 6.92 Å². The van der Waals surface area contributed by atoms with Crippen LogP contribution in [0.2, 0.25) is 0 Å². The molecular weight excluding hydrogens is 272 g/mol. The van der Waals surface area contributed by atoms with Gasteiger partial charge in [-0.15, -0.1) is 0 Å². The maximum absolute atomic E-state index is 5.88. The van der Waals surface area contributed by atoms with Crippen LogP contribution in [0.1, 0.15) is 16.8 Å². The minimum Gasteiger partial charge on any atom is -0.368 e. The number of nitrogens with two attached hydrogens (primary N) is 1. The fourth-order valence-corrected chi connectivity index (χ4v) is 2.90. The van der Waals surface area contributed by atoms with Crippen molar-refractivity contribution in [1.82, 2.24) is 9.97 Å². The zero-order chi connectivity index (χ0) is 15.1. The Morgan fingerprint density at radius 1 is 1.00 bits per heavy atom. The van der Waals surface area contributed by atoms with E-state index in [1.165, 1.54) is 16.7 Å². The van der Waals surface area contributed by atoms with E-state index < -0.39 is 0 Å². The van der Waals surface area contributed by atoms with E-state index in [1.807, 2.05) is 18.2 Å². The number of hydrogen-bond acceptors (Lipinski definition) is 4. The number of hydrogen-bond donors (Lipinski definition) is 2. The van der Waals surface area contributed by atoms with Crippen LogP contribution in [0.15, 0.2) is 48.5 Å². The zero-order valence-corrected chi connectivity index (χ0v) is 12.3. The third kappa shape index (κ3) is 2.09. The van der Waals surface area contributed by atoms with Gasteiger partial charge in [-0.1, -0.05) is 42.0 Å². The minimum absolute atomic E-state index is 0.307. The molecule has 0 aliphatic heterocycles. The molecule has 0 fully saturated rings. The highest BCUT2D eigenvalue weighted by Gasteiger charge is 2.24. The first-order valence-electron chi connectivity index (χ1n) is 7.29. The zero-order valence-electron chi connectivity index (χ0n) is 12.3. The smallest absolute Gasteiger partial charge is 0.222 e. The molecule has 4 rings (SSSR count). The largest absolute Gasteiger partial charge is 0.368 e. The van der Waals surface area contributed by atoms with E-state index >= 15 is 0 Å². The summed E-state index contributed by atoms with van der Waals surface area (Å²) in [5.74, 6) is 1.08. The molecule has 2 aromatic carbocycles. The molecule has 0 amide bonds. The summed E-state index contributed by atoms with van der Waals surface area (Å²) in [5.41, 5.74) is 12.6. The van der Waals surface area contributed by atoms with Gasteiger partial charge in [-0.05, 0) is 30.2 Å². The van der Waals surface area contributed by atoms with Crippen LogP contribution in [0.5, 0.6) is 0 Å². The topological polar surface area (TPSA) is 63.8 Å². The molecule has 3 N–H and O–H groups in total. The van der Waals surface area contributed by atoms with E-state index in [0.717, 1.165) is 29.2 Å². The summed E-state index contributed by atoms with van der Waals surface area (Å²) >= 11 is 0. The maximum Gasteiger partial charge on any atom is 0.222 e. The Balaban J connectivity index is 1.83. The van der Waals surface area contributed by atoms with Crippen molar-refractivity contribution in [2.45, 2.75) is 13.3 Å². The van der Waals surface area contributed by atoms with E-state index in [0.29, 0.717) is 5.95 Å². The van der Waals surface area contributed by atoms with Crippen molar-refractivity contribution < 1.29 is 0 Å². The van der Waals surface area contributed by atoms with Crippen molar-refractivity contribution in [2.24, 2.45) is 0 Å². The van der Waals surface area contributed by atoms with Crippen molar-refractivity contribution in [3.63, 3.8) is 0 Å². The van der Waals surface area contributed by atoms with Gasteiger partial charge in [0.05, 0.1) is 5.69 Å². The molecule has 0 spiro atoms. The number of nitrogens with one attached hydrogen (secondary N) is 1. The van der Waals surface area contributed by atoms with Crippen molar-refractivity contribution in [3.05, 3.63) is 65.4 Å². The third-order valence-corrected chi connectivity index (χ3v) is 3.96. The molecule has 0 bridgehead atoms. The summed E-state index contributed by atoms with van der Waals surface area (Å²) in [7, 11) is 0. The Hall–Kier alpha value is -2.88. The van der Waals surface area contributed by atoms with Gasteiger partial charge in [0.25, 0.3) is 0 Å². The van der Waals surface area contributed by atoms with Gasteiger partial charge in [-0.3, -0.25) is 0 Å². The first kappa shape index (κ1) is 12.8. The van der Waals surface area contributed by atoms with E-state index in [1.54, 1.807) is 0 Å². The molecule has 1 aromatic heterocycles. The van der Waals surface area contributed by atoms with Gasteiger partial charge in [0, 0.05) is 17.7 Å². The monoisotopic (exact) mass is 288 g/mol. The molecule has 4 heteroatoms. The summed E-state index contributed by atoms with van der Waals surface area (Å²) in [6.07, 6.45) is 0.806. The Morgan fingerprint density at radius 3 is 2.59 bits per heavy atom. The molecule has 0 saturated heterocycles. The maximum atomic E-state index is 5.88. The second-order valence-corrected chi connectivity index (χ2v) is 5.58. The lowest BCUT2D eigenvalue weighted by atomic mass is 10.1. The van der Waals surface area contributed by atoms with Crippen LogP contribution in [0.3, 0.4) is 0 Å². The van der Waals surface area contributed by atoms with E-state index in [9.17, 15) is 0 Å². The molecule has 3 aromatic rings. The molecular formula is C18H16N4. The molecule has 108 valence electrons. The summed E-state index contributed by atoms with van der Waals surface area (Å²) in [5, 5.41) is 3.38. The van der Waals surface area contributed by atoms with Crippen molar-refractivity contribution >= 4 is 17.5 Å². The number of aromatic nitrogens is 2. The van der Waals surface area contributed by atoms with Crippen LogP contribution >= 0.6 is 0 Å². The van der Waals surface area contributed by atoms with Gasteiger partial charge in [0.15, 0.2) is 0 Å². The van der Waals surface area contributed by atoms with E-state index in [4.69, 9.17) is 5.73 Å². The second-order valence-electron chi connectivity index (χ2n) is 5.58. The standard InChI is InChI=1S/C18H16N4/c1-11-6-8-13(9-7-11)20-17-16-14-5-3-2-4-12(14)10-15(16)21-18(19)22-17/h2-9H,10H2,1H3,(H3,19,20,21,22). The predicted molar refractivity (Wildman–Crippen MR) is 89.1 cm³/mol. The van der Waals surface area contributed by atoms with Crippen molar-refractivity contribution in [2.75, 3.05) is 11.1 Å². The Morgan fingerprint density at radius 2 is 1.77 bits per heavy atom. The molecule has 0 saturated carbocycles. The van der Waals surface area contributed by atoms with Crippen LogP contribution in [0.25, 0.3) is 11.1 Å². The van der Waals surface area contributed by atoms with Gasteiger partial charge >= 0.3 is 0 Å². The van der Waals surface area contributed by atoms with Crippen LogP contribution in [0.4, 0.5) is 17.5 Å². The Kier molecular flexibility index (Phi) is 2.82. The van der Waals surface area contributed by atoms with Crippen LogP contribution in [-0.2, 0) is 6.42 Å². The first-order chi connectivity index (χ1) is 10.7. The lowest BCUT2D eigenvalue weighted by molar-refractivity contribution is 1.08. The summed E-state index contributed by atoms with van der Waals surface area (Å²) in [4.78, 5) is 8.83. The molecule has 0 atom stereocenters. The Bertz CT molecular complexity index is 853. The number of nitrogens with zero attached hydrogens (tertiary/aromatic N) is 2. The number of anilines is 3. The number of aryl methyl sites for hydroxylation is 1. The molecule has 0 unspecified atom stereocenters. The lowest BCUT2D eigenvalue weighted by Crippen LogP contribution is -2.04. The van der Waals surface area contributed by atoms with E-state index in [-0.39, 0.29) is 0 Å². The van der Waals surface area contributed by atoms with Crippen molar-refractivity contribution in [3.8, 4) is 11.1 Å². The predicted octanol–water partition coefficient (Wildman–Crippen LogP) is 3.68.